The standard InChI is InChI=1S/C17H18N2/c1-12(2)17(16-11-13(3)9-10-18-16)19-15-8-6-5-7-14(15)4/h5-11H,1H2,2-4H3. The van der Waals surface area contributed by atoms with E-state index in [9.17, 15) is 0 Å². The van der Waals surface area contributed by atoms with Gasteiger partial charge in [0.15, 0.2) is 0 Å². The Labute approximate surface area is 114 Å². The number of rotatable bonds is 3. The maximum absolute atomic E-state index is 4.72. The number of benzene rings is 1. The molecular formula is C17H18N2. The first-order valence-electron chi connectivity index (χ1n) is 6.31. The van der Waals surface area contributed by atoms with Crippen LogP contribution in [-0.4, -0.2) is 10.7 Å². The molecule has 1 aromatic carbocycles. The van der Waals surface area contributed by atoms with E-state index in [-0.39, 0.29) is 0 Å². The molecule has 2 rings (SSSR count). The second-order valence-electron chi connectivity index (χ2n) is 4.75. The van der Waals surface area contributed by atoms with Gasteiger partial charge in [-0.3, -0.25) is 4.98 Å². The van der Waals surface area contributed by atoms with E-state index in [1.165, 1.54) is 5.56 Å². The maximum atomic E-state index is 4.72. The Morgan fingerprint density at radius 2 is 1.89 bits per heavy atom. The van der Waals surface area contributed by atoms with Crippen LogP contribution in [0.1, 0.15) is 23.7 Å². The quantitative estimate of drug-likeness (QED) is 0.741. The zero-order valence-corrected chi connectivity index (χ0v) is 11.6. The molecule has 19 heavy (non-hydrogen) atoms. The molecular weight excluding hydrogens is 232 g/mol. The zero-order valence-electron chi connectivity index (χ0n) is 11.6. The minimum atomic E-state index is 0.845. The molecule has 0 aliphatic rings. The first-order valence-corrected chi connectivity index (χ1v) is 6.31. The summed E-state index contributed by atoms with van der Waals surface area (Å²) in [5.41, 5.74) is 5.91. The summed E-state index contributed by atoms with van der Waals surface area (Å²) in [5.74, 6) is 0. The predicted molar refractivity (Wildman–Crippen MR) is 81.2 cm³/mol. The molecule has 1 aromatic heterocycles. The molecule has 0 spiro atoms. The molecule has 0 saturated heterocycles. The average Bonchev–Trinajstić information content (AvgIpc) is 2.37. The topological polar surface area (TPSA) is 25.2 Å². The van der Waals surface area contributed by atoms with Crippen molar-refractivity contribution < 1.29 is 0 Å². The number of para-hydroxylation sites is 1. The van der Waals surface area contributed by atoms with E-state index in [4.69, 9.17) is 4.99 Å². The van der Waals surface area contributed by atoms with E-state index in [2.05, 4.69) is 31.5 Å². The molecule has 0 aliphatic heterocycles. The van der Waals surface area contributed by atoms with Crippen molar-refractivity contribution in [1.29, 1.82) is 0 Å². The minimum Gasteiger partial charge on any atom is -0.255 e. The van der Waals surface area contributed by atoms with Crippen LogP contribution in [0.15, 0.2) is 59.7 Å². The van der Waals surface area contributed by atoms with Crippen molar-refractivity contribution in [3.63, 3.8) is 0 Å². The Morgan fingerprint density at radius 1 is 1.16 bits per heavy atom. The minimum absolute atomic E-state index is 0.845. The van der Waals surface area contributed by atoms with Crippen LogP contribution in [0, 0.1) is 13.8 Å². The molecule has 0 N–H and O–H groups in total. The van der Waals surface area contributed by atoms with E-state index < -0.39 is 0 Å². The molecule has 2 nitrogen and oxygen atoms in total. The SMILES string of the molecule is C=C(C)C(=Nc1ccccc1C)c1cc(C)ccn1. The molecule has 0 amide bonds. The van der Waals surface area contributed by atoms with Crippen LogP contribution in [0.2, 0.25) is 0 Å². The third-order valence-corrected chi connectivity index (χ3v) is 2.91. The predicted octanol–water partition coefficient (Wildman–Crippen LogP) is 4.40. The summed E-state index contributed by atoms with van der Waals surface area (Å²) in [6, 6.07) is 12.1. The van der Waals surface area contributed by atoms with Gasteiger partial charge >= 0.3 is 0 Å². The zero-order chi connectivity index (χ0) is 13.8. The monoisotopic (exact) mass is 250 g/mol. The van der Waals surface area contributed by atoms with Gasteiger partial charge in [0.05, 0.1) is 17.1 Å². The Morgan fingerprint density at radius 3 is 2.53 bits per heavy atom. The van der Waals surface area contributed by atoms with Crippen molar-refractivity contribution in [3.8, 4) is 0 Å². The van der Waals surface area contributed by atoms with Crippen LogP contribution in [0.5, 0.6) is 0 Å². The highest BCUT2D eigenvalue weighted by Crippen LogP contribution is 2.20. The lowest BCUT2D eigenvalue weighted by Crippen LogP contribution is -2.04. The summed E-state index contributed by atoms with van der Waals surface area (Å²) in [7, 11) is 0. The normalized spacial score (nSPS) is 11.4. The number of hydrogen-bond donors (Lipinski definition) is 0. The summed E-state index contributed by atoms with van der Waals surface area (Å²) < 4.78 is 0. The van der Waals surface area contributed by atoms with Gasteiger partial charge in [0, 0.05) is 6.20 Å². The highest BCUT2D eigenvalue weighted by Gasteiger charge is 2.07. The number of aromatic nitrogens is 1. The van der Waals surface area contributed by atoms with Crippen LogP contribution in [0.3, 0.4) is 0 Å². The second kappa shape index (κ2) is 5.61. The summed E-state index contributed by atoms with van der Waals surface area (Å²) >= 11 is 0. The van der Waals surface area contributed by atoms with Crippen molar-refractivity contribution in [3.05, 3.63) is 71.6 Å². The van der Waals surface area contributed by atoms with Crippen LogP contribution < -0.4 is 0 Å². The molecule has 0 fully saturated rings. The first kappa shape index (κ1) is 13.2. The summed E-state index contributed by atoms with van der Waals surface area (Å²) in [5, 5.41) is 0. The second-order valence-corrected chi connectivity index (χ2v) is 4.75. The molecule has 0 aliphatic carbocycles. The Bertz CT molecular complexity index is 639. The Balaban J connectivity index is 2.53. The van der Waals surface area contributed by atoms with Crippen LogP contribution >= 0.6 is 0 Å². The smallest absolute Gasteiger partial charge is 0.0916 e. The molecule has 1 heterocycles. The lowest BCUT2D eigenvalue weighted by molar-refractivity contribution is 1.24. The van der Waals surface area contributed by atoms with Crippen molar-refractivity contribution in [2.45, 2.75) is 20.8 Å². The Hall–Kier alpha value is -2.22. The fourth-order valence-corrected chi connectivity index (χ4v) is 1.85. The van der Waals surface area contributed by atoms with E-state index >= 15 is 0 Å². The van der Waals surface area contributed by atoms with Crippen molar-refractivity contribution in [2.75, 3.05) is 0 Å². The fraction of sp³-hybridized carbons (Fsp3) is 0.176. The summed E-state index contributed by atoms with van der Waals surface area (Å²) in [6.45, 7) is 10.1. The van der Waals surface area contributed by atoms with E-state index in [0.717, 1.165) is 28.2 Å². The summed E-state index contributed by atoms with van der Waals surface area (Å²) in [6.07, 6.45) is 1.81. The fourth-order valence-electron chi connectivity index (χ4n) is 1.85. The van der Waals surface area contributed by atoms with Crippen LogP contribution in [-0.2, 0) is 0 Å². The highest BCUT2D eigenvalue weighted by atomic mass is 14.8. The number of hydrogen-bond acceptors (Lipinski definition) is 2. The van der Waals surface area contributed by atoms with Gasteiger partial charge in [0.1, 0.15) is 0 Å². The van der Waals surface area contributed by atoms with Gasteiger partial charge in [0.25, 0.3) is 0 Å². The molecule has 2 heteroatoms. The average molecular weight is 250 g/mol. The molecule has 0 unspecified atom stereocenters. The number of nitrogens with zero attached hydrogens (tertiary/aromatic N) is 2. The third kappa shape index (κ3) is 3.16. The van der Waals surface area contributed by atoms with E-state index in [0.29, 0.717) is 0 Å². The molecule has 0 bridgehead atoms. The number of aliphatic imine (C=N–C) groups is 1. The van der Waals surface area contributed by atoms with Gasteiger partial charge in [-0.1, -0.05) is 24.8 Å². The van der Waals surface area contributed by atoms with E-state index in [1.807, 2.05) is 37.3 Å². The van der Waals surface area contributed by atoms with Crippen LogP contribution in [0.4, 0.5) is 5.69 Å². The van der Waals surface area contributed by atoms with Crippen molar-refractivity contribution in [1.82, 2.24) is 4.98 Å². The molecule has 0 saturated carbocycles. The van der Waals surface area contributed by atoms with Crippen molar-refractivity contribution >= 4 is 11.4 Å². The van der Waals surface area contributed by atoms with Gasteiger partial charge in [-0.2, -0.15) is 0 Å². The van der Waals surface area contributed by atoms with E-state index in [1.54, 1.807) is 6.20 Å². The van der Waals surface area contributed by atoms with Gasteiger partial charge in [0.2, 0.25) is 0 Å². The number of aryl methyl sites for hydroxylation is 2. The van der Waals surface area contributed by atoms with Gasteiger partial charge in [-0.05, 0) is 55.7 Å². The maximum Gasteiger partial charge on any atom is 0.0916 e. The van der Waals surface area contributed by atoms with Gasteiger partial charge in [-0.15, -0.1) is 0 Å². The number of pyridine rings is 1. The van der Waals surface area contributed by atoms with Crippen LogP contribution in [0.25, 0.3) is 0 Å². The van der Waals surface area contributed by atoms with Gasteiger partial charge in [-0.25, -0.2) is 4.99 Å². The highest BCUT2D eigenvalue weighted by molar-refractivity contribution is 6.11. The number of allylic oxidation sites excluding steroid dienone is 1. The lowest BCUT2D eigenvalue weighted by atomic mass is 10.1. The summed E-state index contributed by atoms with van der Waals surface area (Å²) in [4.78, 5) is 9.12. The third-order valence-electron chi connectivity index (χ3n) is 2.91. The lowest BCUT2D eigenvalue weighted by Gasteiger charge is -2.08. The molecule has 96 valence electrons. The Kier molecular flexibility index (Phi) is 3.91. The van der Waals surface area contributed by atoms with Crippen molar-refractivity contribution in [2.24, 2.45) is 4.99 Å². The largest absolute Gasteiger partial charge is 0.255 e. The van der Waals surface area contributed by atoms with Gasteiger partial charge < -0.3 is 0 Å². The molecule has 0 radical (unpaired) electrons. The first-order chi connectivity index (χ1) is 9.08. The molecule has 0 atom stereocenters. The molecule has 2 aromatic rings.